The highest BCUT2D eigenvalue weighted by molar-refractivity contribution is 5.89. The maximum absolute atomic E-state index is 13.2. The number of aromatic amines is 1. The van der Waals surface area contributed by atoms with E-state index in [-0.39, 0.29) is 12.1 Å². The number of rotatable bonds is 5. The number of carbonyl (C=O) groups is 1. The third kappa shape index (κ3) is 4.84. The normalized spacial score (nSPS) is 20.9. The highest BCUT2D eigenvalue weighted by Gasteiger charge is 2.30. The predicted molar refractivity (Wildman–Crippen MR) is 114 cm³/mol. The highest BCUT2D eigenvalue weighted by atomic mass is 16.5. The Labute approximate surface area is 177 Å². The smallest absolute Gasteiger partial charge is 0.322 e. The largest absolute Gasteiger partial charge is 0.379 e. The van der Waals surface area contributed by atoms with Crippen LogP contribution in [-0.4, -0.2) is 75.2 Å². The number of morpholine rings is 1. The number of ether oxygens (including phenoxy) is 1. The molecular weight excluding hydrogens is 382 g/mol. The average molecular weight is 416 g/mol. The quantitative estimate of drug-likeness (QED) is 0.783. The monoisotopic (exact) mass is 415 g/mol. The molecule has 0 bridgehead atoms. The molecule has 2 aromatic heterocycles. The van der Waals surface area contributed by atoms with Crippen LogP contribution in [0.2, 0.25) is 0 Å². The number of nitrogens with one attached hydrogen (secondary N) is 2. The fourth-order valence-electron chi connectivity index (χ4n) is 4.52. The molecule has 0 spiro atoms. The van der Waals surface area contributed by atoms with Gasteiger partial charge in [-0.3, -0.25) is 14.7 Å². The number of amides is 2. The lowest BCUT2D eigenvalue weighted by molar-refractivity contribution is 0.0360. The van der Waals surface area contributed by atoms with Crippen molar-refractivity contribution < 1.29 is 9.53 Å². The van der Waals surface area contributed by atoms with Crippen LogP contribution in [0.3, 0.4) is 0 Å². The van der Waals surface area contributed by atoms with E-state index in [9.17, 15) is 4.79 Å². The first-order chi connectivity index (χ1) is 14.6. The zero-order valence-corrected chi connectivity index (χ0v) is 18.1. The lowest BCUT2D eigenvalue weighted by Gasteiger charge is -2.30. The number of hydrogen-bond acceptors (Lipinski definition) is 5. The summed E-state index contributed by atoms with van der Waals surface area (Å²) >= 11 is 0. The van der Waals surface area contributed by atoms with Crippen molar-refractivity contribution in [1.82, 2.24) is 29.8 Å². The lowest BCUT2D eigenvalue weighted by atomic mass is 9.99. The van der Waals surface area contributed by atoms with Gasteiger partial charge in [0, 0.05) is 43.6 Å². The maximum atomic E-state index is 13.2. The van der Waals surface area contributed by atoms with Crippen molar-refractivity contribution in [3.8, 4) is 0 Å². The number of hydrogen-bond donors (Lipinski definition) is 2. The maximum Gasteiger partial charge on any atom is 0.322 e. The van der Waals surface area contributed by atoms with Gasteiger partial charge in [0.15, 0.2) is 0 Å². The fourth-order valence-corrected chi connectivity index (χ4v) is 4.52. The first-order valence-corrected chi connectivity index (χ1v) is 11.0. The minimum Gasteiger partial charge on any atom is -0.379 e. The Kier molecular flexibility index (Phi) is 6.69. The van der Waals surface area contributed by atoms with Gasteiger partial charge in [-0.15, -0.1) is 0 Å². The molecule has 0 aromatic carbocycles. The van der Waals surface area contributed by atoms with E-state index in [0.717, 1.165) is 94.3 Å². The minimum atomic E-state index is -0.0605. The molecule has 30 heavy (non-hydrogen) atoms. The van der Waals surface area contributed by atoms with Gasteiger partial charge in [0.2, 0.25) is 0 Å². The van der Waals surface area contributed by atoms with Crippen molar-refractivity contribution in [2.75, 3.05) is 44.7 Å². The predicted octanol–water partition coefficient (Wildman–Crippen LogP) is 2.70. The SMILES string of the molecule is Cc1n[nH]c(C)c1C1CCCCCN1C(=O)Nc1cnn(CCN2CCOCC2)c1. The second-order valence-corrected chi connectivity index (χ2v) is 8.28. The Bertz CT molecular complexity index is 821. The van der Waals surface area contributed by atoms with Gasteiger partial charge >= 0.3 is 6.03 Å². The van der Waals surface area contributed by atoms with Crippen molar-refractivity contribution in [2.45, 2.75) is 52.1 Å². The van der Waals surface area contributed by atoms with Gasteiger partial charge in [0.05, 0.1) is 43.4 Å². The van der Waals surface area contributed by atoms with Gasteiger partial charge in [-0.25, -0.2) is 4.79 Å². The molecule has 2 aromatic rings. The average Bonchev–Trinajstić information content (AvgIpc) is 3.24. The summed E-state index contributed by atoms with van der Waals surface area (Å²) in [5, 5.41) is 14.9. The first kappa shape index (κ1) is 20.9. The van der Waals surface area contributed by atoms with Crippen LogP contribution in [0.4, 0.5) is 10.5 Å². The van der Waals surface area contributed by atoms with Crippen molar-refractivity contribution in [1.29, 1.82) is 0 Å². The summed E-state index contributed by atoms with van der Waals surface area (Å²) in [6.45, 7) is 10.1. The lowest BCUT2D eigenvalue weighted by Crippen LogP contribution is -2.38. The van der Waals surface area contributed by atoms with Crippen LogP contribution >= 0.6 is 0 Å². The zero-order valence-electron chi connectivity index (χ0n) is 18.1. The molecule has 0 aliphatic carbocycles. The fraction of sp³-hybridized carbons (Fsp3) is 0.667. The number of anilines is 1. The van der Waals surface area contributed by atoms with Gasteiger partial charge in [-0.05, 0) is 26.7 Å². The summed E-state index contributed by atoms with van der Waals surface area (Å²) in [5.74, 6) is 0. The second kappa shape index (κ2) is 9.61. The Morgan fingerprint density at radius 1 is 1.20 bits per heavy atom. The van der Waals surface area contributed by atoms with Crippen LogP contribution in [-0.2, 0) is 11.3 Å². The zero-order chi connectivity index (χ0) is 20.9. The standard InChI is InChI=1S/C21H33N7O2/c1-16-20(17(2)25-24-16)19-6-4-3-5-7-28(19)21(29)23-18-14-22-27(15-18)9-8-26-10-12-30-13-11-26/h14-15,19H,3-13H2,1-2H3,(H,23,29)(H,24,25). The number of H-pyrrole nitrogens is 1. The molecule has 0 radical (unpaired) electrons. The van der Waals surface area contributed by atoms with Crippen LogP contribution in [0.25, 0.3) is 0 Å². The number of aryl methyl sites for hydroxylation is 2. The summed E-state index contributed by atoms with van der Waals surface area (Å²) in [6, 6.07) is -0.00255. The van der Waals surface area contributed by atoms with Crippen molar-refractivity contribution in [2.24, 2.45) is 0 Å². The molecule has 2 fully saturated rings. The van der Waals surface area contributed by atoms with E-state index in [1.807, 2.05) is 29.6 Å². The molecule has 2 aliphatic heterocycles. The van der Waals surface area contributed by atoms with Gasteiger partial charge in [0.1, 0.15) is 0 Å². The van der Waals surface area contributed by atoms with Crippen LogP contribution in [0.15, 0.2) is 12.4 Å². The van der Waals surface area contributed by atoms with E-state index in [1.165, 1.54) is 0 Å². The summed E-state index contributed by atoms with van der Waals surface area (Å²) in [6.07, 6.45) is 7.91. The minimum absolute atomic E-state index is 0.0580. The molecule has 4 rings (SSSR count). The van der Waals surface area contributed by atoms with Crippen LogP contribution in [0.1, 0.15) is 48.7 Å². The van der Waals surface area contributed by atoms with Gasteiger partial charge in [-0.2, -0.15) is 10.2 Å². The van der Waals surface area contributed by atoms with E-state index in [4.69, 9.17) is 4.74 Å². The summed E-state index contributed by atoms with van der Waals surface area (Å²) < 4.78 is 7.29. The van der Waals surface area contributed by atoms with E-state index >= 15 is 0 Å². The van der Waals surface area contributed by atoms with E-state index in [2.05, 4.69) is 25.5 Å². The van der Waals surface area contributed by atoms with E-state index in [0.29, 0.717) is 0 Å². The Hall–Kier alpha value is -2.39. The topological polar surface area (TPSA) is 91.3 Å². The molecular formula is C21H33N7O2. The third-order valence-electron chi connectivity index (χ3n) is 6.17. The molecule has 2 aliphatic rings. The third-order valence-corrected chi connectivity index (χ3v) is 6.17. The summed E-state index contributed by atoms with van der Waals surface area (Å²) in [7, 11) is 0. The van der Waals surface area contributed by atoms with E-state index in [1.54, 1.807) is 6.20 Å². The molecule has 2 saturated heterocycles. The number of carbonyl (C=O) groups excluding carboxylic acids is 1. The number of urea groups is 1. The van der Waals surface area contributed by atoms with Crippen molar-refractivity contribution in [3.63, 3.8) is 0 Å². The number of likely N-dealkylation sites (tertiary alicyclic amines) is 1. The molecule has 2 N–H and O–H groups in total. The molecule has 164 valence electrons. The number of aromatic nitrogens is 4. The van der Waals surface area contributed by atoms with Crippen LogP contribution < -0.4 is 5.32 Å². The van der Waals surface area contributed by atoms with E-state index < -0.39 is 0 Å². The van der Waals surface area contributed by atoms with Gasteiger partial charge in [-0.1, -0.05) is 12.8 Å². The Balaban J connectivity index is 1.39. The Morgan fingerprint density at radius 2 is 2.03 bits per heavy atom. The van der Waals surface area contributed by atoms with Gasteiger partial charge in [0.25, 0.3) is 0 Å². The summed E-state index contributed by atoms with van der Waals surface area (Å²) in [5.41, 5.74) is 3.93. The second-order valence-electron chi connectivity index (χ2n) is 8.28. The van der Waals surface area contributed by atoms with Crippen LogP contribution in [0.5, 0.6) is 0 Å². The van der Waals surface area contributed by atoms with Gasteiger partial charge < -0.3 is 15.0 Å². The first-order valence-electron chi connectivity index (χ1n) is 11.0. The van der Waals surface area contributed by atoms with Crippen LogP contribution in [0, 0.1) is 13.8 Å². The molecule has 2 amide bonds. The summed E-state index contributed by atoms with van der Waals surface area (Å²) in [4.78, 5) is 17.5. The molecule has 9 heteroatoms. The molecule has 1 atom stereocenters. The molecule has 9 nitrogen and oxygen atoms in total. The highest BCUT2D eigenvalue weighted by Crippen LogP contribution is 2.33. The van der Waals surface area contributed by atoms with Crippen molar-refractivity contribution >= 4 is 11.7 Å². The Morgan fingerprint density at radius 3 is 2.80 bits per heavy atom. The molecule has 0 saturated carbocycles. The van der Waals surface area contributed by atoms with Crippen molar-refractivity contribution in [3.05, 3.63) is 29.3 Å². The number of nitrogens with zero attached hydrogens (tertiary/aromatic N) is 5. The molecule has 4 heterocycles. The molecule has 1 unspecified atom stereocenters.